The van der Waals surface area contributed by atoms with E-state index in [1.54, 1.807) is 0 Å². The maximum absolute atomic E-state index is 5.86. The van der Waals surface area contributed by atoms with Crippen LogP contribution < -0.4 is 0 Å². The first-order valence-corrected chi connectivity index (χ1v) is 8.06. The minimum atomic E-state index is 0.793. The highest BCUT2D eigenvalue weighted by molar-refractivity contribution is 4.97. The van der Waals surface area contributed by atoms with E-state index < -0.39 is 0 Å². The van der Waals surface area contributed by atoms with E-state index in [0.717, 1.165) is 48.0 Å². The highest BCUT2D eigenvalue weighted by Gasteiger charge is 2.24. The molecule has 2 aliphatic carbocycles. The maximum Gasteiger partial charge on any atom is 0.0967 e. The summed E-state index contributed by atoms with van der Waals surface area (Å²) in [5, 5.41) is 0. The van der Waals surface area contributed by atoms with Crippen LogP contribution in [0.3, 0.4) is 0 Å². The maximum atomic E-state index is 5.86. The highest BCUT2D eigenvalue weighted by Crippen LogP contribution is 2.37. The molecule has 0 saturated heterocycles. The number of ether oxygens (including phenoxy) is 1. The minimum absolute atomic E-state index is 0.793. The predicted octanol–water partition coefficient (Wildman–Crippen LogP) is 5.68. The van der Waals surface area contributed by atoms with Crippen LogP contribution in [0, 0.1) is 23.7 Å². The summed E-state index contributed by atoms with van der Waals surface area (Å²) in [4.78, 5) is 0. The van der Waals surface area contributed by atoms with Crippen LogP contribution >= 0.6 is 0 Å². The van der Waals surface area contributed by atoms with Gasteiger partial charge in [-0.1, -0.05) is 39.8 Å². The Bertz CT molecular complexity index is 299. The van der Waals surface area contributed by atoms with Gasteiger partial charge in [0.2, 0.25) is 0 Å². The average molecular weight is 262 g/mol. The first kappa shape index (κ1) is 14.7. The zero-order valence-electron chi connectivity index (χ0n) is 12.8. The summed E-state index contributed by atoms with van der Waals surface area (Å²) in [6.45, 7) is 12.9. The minimum Gasteiger partial charge on any atom is -0.467 e. The Labute approximate surface area is 119 Å². The lowest BCUT2D eigenvalue weighted by Crippen LogP contribution is -2.03. The van der Waals surface area contributed by atoms with Gasteiger partial charge in [-0.15, -0.1) is 0 Å². The lowest BCUT2D eigenvalue weighted by atomic mass is 10.0. The van der Waals surface area contributed by atoms with Gasteiger partial charge in [0, 0.05) is 12.8 Å². The number of hydrogen-bond acceptors (Lipinski definition) is 1. The van der Waals surface area contributed by atoms with Gasteiger partial charge < -0.3 is 4.74 Å². The van der Waals surface area contributed by atoms with E-state index >= 15 is 0 Å². The van der Waals surface area contributed by atoms with Crippen molar-refractivity contribution < 1.29 is 4.74 Å². The molecule has 0 aromatic heterocycles. The van der Waals surface area contributed by atoms with E-state index in [1.165, 1.54) is 38.5 Å². The summed E-state index contributed by atoms with van der Waals surface area (Å²) in [7, 11) is 0. The van der Waals surface area contributed by atoms with Crippen LogP contribution in [0.5, 0.6) is 0 Å². The molecule has 1 nitrogen and oxygen atoms in total. The summed E-state index contributed by atoms with van der Waals surface area (Å²) in [6, 6.07) is 0. The molecular formula is C18H30O. The van der Waals surface area contributed by atoms with Crippen molar-refractivity contribution in [3.8, 4) is 0 Å². The van der Waals surface area contributed by atoms with Gasteiger partial charge in [0.15, 0.2) is 0 Å². The van der Waals surface area contributed by atoms with Gasteiger partial charge in [-0.3, -0.25) is 0 Å². The van der Waals surface area contributed by atoms with Crippen LogP contribution in [0.2, 0.25) is 0 Å². The number of rotatable bonds is 6. The van der Waals surface area contributed by atoms with Crippen LogP contribution in [0.4, 0.5) is 0 Å². The summed E-state index contributed by atoms with van der Waals surface area (Å²) < 4.78 is 5.86. The van der Waals surface area contributed by atoms with Crippen molar-refractivity contribution in [3.05, 3.63) is 24.7 Å². The molecule has 0 aromatic rings. The topological polar surface area (TPSA) is 9.23 Å². The monoisotopic (exact) mass is 262 g/mol. The van der Waals surface area contributed by atoms with Gasteiger partial charge in [0.25, 0.3) is 0 Å². The molecule has 1 heteroatoms. The second-order valence-electron chi connectivity index (χ2n) is 7.16. The van der Waals surface area contributed by atoms with Gasteiger partial charge >= 0.3 is 0 Å². The summed E-state index contributed by atoms with van der Waals surface area (Å²) >= 11 is 0. The van der Waals surface area contributed by atoms with Gasteiger partial charge in [0.05, 0.1) is 11.5 Å². The normalized spacial score (nSPS) is 34.4. The van der Waals surface area contributed by atoms with Crippen molar-refractivity contribution in [1.29, 1.82) is 0 Å². The van der Waals surface area contributed by atoms with Gasteiger partial charge in [-0.25, -0.2) is 0 Å². The van der Waals surface area contributed by atoms with Crippen molar-refractivity contribution in [2.75, 3.05) is 0 Å². The molecular weight excluding hydrogens is 232 g/mol. The summed E-state index contributed by atoms with van der Waals surface area (Å²) in [5.41, 5.74) is 0. The fraction of sp³-hybridized carbons (Fsp3) is 0.778. The first-order valence-electron chi connectivity index (χ1n) is 8.06. The third-order valence-corrected chi connectivity index (χ3v) is 4.93. The van der Waals surface area contributed by atoms with E-state index in [9.17, 15) is 0 Å². The first-order chi connectivity index (χ1) is 9.02. The Morgan fingerprint density at radius 1 is 0.842 bits per heavy atom. The average Bonchev–Trinajstić information content (AvgIpc) is 2.87. The summed E-state index contributed by atoms with van der Waals surface area (Å²) in [5.74, 6) is 5.25. The van der Waals surface area contributed by atoms with Crippen LogP contribution in [0.25, 0.3) is 0 Å². The zero-order chi connectivity index (χ0) is 13.8. The van der Waals surface area contributed by atoms with Crippen molar-refractivity contribution in [3.63, 3.8) is 0 Å². The molecule has 0 N–H and O–H groups in total. The summed E-state index contributed by atoms with van der Waals surface area (Å²) in [6.07, 6.45) is 10.2. The van der Waals surface area contributed by atoms with E-state index in [4.69, 9.17) is 4.74 Å². The SMILES string of the molecule is C=C(CC1CCC(C)C1)OC(=C)CC1CCC(C)C1. The van der Waals surface area contributed by atoms with Gasteiger partial charge in [0.1, 0.15) is 0 Å². The van der Waals surface area contributed by atoms with Gasteiger partial charge in [-0.2, -0.15) is 0 Å². The third-order valence-electron chi connectivity index (χ3n) is 4.93. The van der Waals surface area contributed by atoms with E-state index in [1.807, 2.05) is 0 Å². The molecule has 0 radical (unpaired) electrons. The molecule has 2 saturated carbocycles. The van der Waals surface area contributed by atoms with Crippen LogP contribution in [-0.2, 0) is 4.74 Å². The Morgan fingerprint density at radius 3 is 1.58 bits per heavy atom. The highest BCUT2D eigenvalue weighted by atomic mass is 16.5. The largest absolute Gasteiger partial charge is 0.467 e. The molecule has 19 heavy (non-hydrogen) atoms. The molecule has 2 rings (SSSR count). The molecule has 0 spiro atoms. The smallest absolute Gasteiger partial charge is 0.0967 e. The van der Waals surface area contributed by atoms with E-state index in [-0.39, 0.29) is 0 Å². The quantitative estimate of drug-likeness (QED) is 0.559. The second kappa shape index (κ2) is 6.63. The molecule has 2 aliphatic rings. The van der Waals surface area contributed by atoms with E-state index in [0.29, 0.717) is 0 Å². The lowest BCUT2D eigenvalue weighted by molar-refractivity contribution is 0.248. The Morgan fingerprint density at radius 2 is 1.26 bits per heavy atom. The Hall–Kier alpha value is -0.720. The van der Waals surface area contributed by atoms with Gasteiger partial charge in [-0.05, 0) is 49.4 Å². The fourth-order valence-electron chi connectivity index (χ4n) is 3.95. The number of allylic oxidation sites excluding steroid dienone is 2. The third kappa shape index (κ3) is 4.71. The molecule has 4 unspecified atom stereocenters. The molecule has 2 fully saturated rings. The van der Waals surface area contributed by atoms with Crippen molar-refractivity contribution in [2.45, 2.75) is 65.2 Å². The second-order valence-corrected chi connectivity index (χ2v) is 7.16. The standard InChI is InChI=1S/C18H30O/c1-13-5-7-17(9-13)11-15(3)19-16(4)12-18-8-6-14(2)10-18/h13-14,17-18H,3-12H2,1-2H3. The molecule has 0 aliphatic heterocycles. The van der Waals surface area contributed by atoms with Crippen molar-refractivity contribution in [2.24, 2.45) is 23.7 Å². The molecule has 0 aromatic carbocycles. The lowest BCUT2D eigenvalue weighted by Gasteiger charge is -2.17. The Kier molecular flexibility index (Phi) is 5.13. The molecule has 0 amide bonds. The fourth-order valence-corrected chi connectivity index (χ4v) is 3.95. The van der Waals surface area contributed by atoms with Crippen molar-refractivity contribution in [1.82, 2.24) is 0 Å². The molecule has 0 heterocycles. The van der Waals surface area contributed by atoms with Crippen LogP contribution in [-0.4, -0.2) is 0 Å². The number of hydrogen-bond donors (Lipinski definition) is 0. The zero-order valence-corrected chi connectivity index (χ0v) is 12.8. The van der Waals surface area contributed by atoms with E-state index in [2.05, 4.69) is 27.0 Å². The molecule has 4 atom stereocenters. The predicted molar refractivity (Wildman–Crippen MR) is 81.6 cm³/mol. The van der Waals surface area contributed by atoms with Crippen LogP contribution in [0.15, 0.2) is 24.7 Å². The van der Waals surface area contributed by atoms with Crippen LogP contribution in [0.1, 0.15) is 65.2 Å². The Balaban J connectivity index is 1.65. The molecule has 108 valence electrons. The van der Waals surface area contributed by atoms with Crippen molar-refractivity contribution >= 4 is 0 Å². The molecule has 0 bridgehead atoms.